The lowest BCUT2D eigenvalue weighted by molar-refractivity contribution is 0.0942. The molecule has 1 heterocycles. The number of carbonyl (C=O) groups is 1. The summed E-state index contributed by atoms with van der Waals surface area (Å²) in [5, 5.41) is 15.2. The minimum Gasteiger partial charge on any atom is -0.349 e. The van der Waals surface area contributed by atoms with Crippen molar-refractivity contribution >= 4 is 17.5 Å². The molecule has 1 amide bonds. The molecule has 24 heavy (non-hydrogen) atoms. The van der Waals surface area contributed by atoms with E-state index in [2.05, 4.69) is 32.9 Å². The average molecular weight is 342 g/mol. The highest BCUT2D eigenvalue weighted by atomic mass is 35.5. The van der Waals surface area contributed by atoms with Crippen molar-refractivity contribution in [2.75, 3.05) is 6.54 Å². The van der Waals surface area contributed by atoms with Crippen molar-refractivity contribution in [1.29, 1.82) is 0 Å². The first kappa shape index (κ1) is 16.1. The quantitative estimate of drug-likeness (QED) is 0.700. The van der Waals surface area contributed by atoms with E-state index in [1.807, 2.05) is 18.2 Å². The number of aryl methyl sites for hydroxylation is 1. The molecular formula is C17H16ClN5O. The Morgan fingerprint density at radius 2 is 1.83 bits per heavy atom. The fourth-order valence-electron chi connectivity index (χ4n) is 2.21. The Bertz CT molecular complexity index is 801. The van der Waals surface area contributed by atoms with Crippen LogP contribution in [0.15, 0.2) is 54.6 Å². The molecule has 0 saturated heterocycles. The van der Waals surface area contributed by atoms with Crippen molar-refractivity contribution < 1.29 is 4.79 Å². The second kappa shape index (κ2) is 7.70. The first-order chi connectivity index (χ1) is 11.7. The normalized spacial score (nSPS) is 10.5. The van der Waals surface area contributed by atoms with Crippen LogP contribution >= 0.6 is 11.6 Å². The van der Waals surface area contributed by atoms with Gasteiger partial charge in [0.2, 0.25) is 0 Å². The molecule has 0 atom stereocenters. The number of hydrogen-bond donors (Lipinski definition) is 1. The summed E-state index contributed by atoms with van der Waals surface area (Å²) in [5.74, 6) is -0.284. The number of tetrazole rings is 1. The molecule has 1 N–H and O–H groups in total. The average Bonchev–Trinajstić information content (AvgIpc) is 3.10. The Hall–Kier alpha value is -2.73. The Morgan fingerprint density at radius 3 is 2.58 bits per heavy atom. The lowest BCUT2D eigenvalue weighted by Crippen LogP contribution is -2.26. The maximum absolute atomic E-state index is 12.0. The molecule has 3 aromatic rings. The van der Waals surface area contributed by atoms with Crippen LogP contribution in [0.2, 0.25) is 5.02 Å². The molecular weight excluding hydrogens is 326 g/mol. The predicted molar refractivity (Wildman–Crippen MR) is 91.3 cm³/mol. The molecule has 0 spiro atoms. The minimum absolute atomic E-state index is 0.0460. The van der Waals surface area contributed by atoms with E-state index in [9.17, 15) is 4.79 Å². The predicted octanol–water partition coefficient (Wildman–Crippen LogP) is 2.68. The SMILES string of the molecule is O=C(NCCCc1ccccc1)c1nnn(-c2ccc(Cl)cc2)n1. The Labute approximate surface area is 144 Å². The number of benzene rings is 2. The van der Waals surface area contributed by atoms with E-state index in [0.29, 0.717) is 17.3 Å². The van der Waals surface area contributed by atoms with Crippen LogP contribution in [0.25, 0.3) is 5.69 Å². The number of nitrogens with zero attached hydrogens (tertiary/aromatic N) is 4. The third-order valence-corrected chi connectivity index (χ3v) is 3.70. The van der Waals surface area contributed by atoms with Crippen molar-refractivity contribution in [3.63, 3.8) is 0 Å². The summed E-state index contributed by atoms with van der Waals surface area (Å²) in [4.78, 5) is 13.3. The van der Waals surface area contributed by atoms with Gasteiger partial charge >= 0.3 is 0 Å². The fourth-order valence-corrected chi connectivity index (χ4v) is 2.33. The number of rotatable bonds is 6. The van der Waals surface area contributed by atoms with Crippen LogP contribution in [-0.2, 0) is 6.42 Å². The summed E-state index contributed by atoms with van der Waals surface area (Å²) < 4.78 is 0. The molecule has 0 fully saturated rings. The van der Waals surface area contributed by atoms with Crippen LogP contribution in [0, 0.1) is 0 Å². The van der Waals surface area contributed by atoms with Crippen molar-refractivity contribution in [3.8, 4) is 5.69 Å². The van der Waals surface area contributed by atoms with Crippen LogP contribution < -0.4 is 5.32 Å². The van der Waals surface area contributed by atoms with E-state index in [0.717, 1.165) is 12.8 Å². The smallest absolute Gasteiger partial charge is 0.292 e. The van der Waals surface area contributed by atoms with Crippen LogP contribution in [-0.4, -0.2) is 32.7 Å². The summed E-state index contributed by atoms with van der Waals surface area (Å²) in [7, 11) is 0. The Kier molecular flexibility index (Phi) is 5.18. The van der Waals surface area contributed by atoms with Gasteiger partial charge in [-0.05, 0) is 47.9 Å². The van der Waals surface area contributed by atoms with Crippen LogP contribution in [0.5, 0.6) is 0 Å². The molecule has 0 saturated carbocycles. The summed E-state index contributed by atoms with van der Waals surface area (Å²) in [6.07, 6.45) is 1.76. The van der Waals surface area contributed by atoms with Gasteiger partial charge in [-0.25, -0.2) is 0 Å². The molecule has 0 unspecified atom stereocenters. The standard InChI is InChI=1S/C17H16ClN5O/c18-14-8-10-15(11-9-14)23-21-16(20-22-23)17(24)19-12-4-7-13-5-2-1-3-6-13/h1-3,5-6,8-11H,4,7,12H2,(H,19,24). The molecule has 1 aromatic heterocycles. The molecule has 0 aliphatic heterocycles. The summed E-state index contributed by atoms with van der Waals surface area (Å²) in [6.45, 7) is 0.559. The van der Waals surface area contributed by atoms with Gasteiger partial charge in [-0.1, -0.05) is 41.9 Å². The minimum atomic E-state index is -0.330. The van der Waals surface area contributed by atoms with Crippen LogP contribution in [0.1, 0.15) is 22.6 Å². The zero-order valence-electron chi connectivity index (χ0n) is 12.9. The van der Waals surface area contributed by atoms with Gasteiger partial charge in [-0.2, -0.15) is 0 Å². The van der Waals surface area contributed by atoms with E-state index in [-0.39, 0.29) is 11.7 Å². The molecule has 0 bridgehead atoms. The maximum atomic E-state index is 12.0. The van der Waals surface area contributed by atoms with Gasteiger partial charge in [0.15, 0.2) is 0 Å². The van der Waals surface area contributed by atoms with Gasteiger partial charge < -0.3 is 5.32 Å². The summed E-state index contributed by atoms with van der Waals surface area (Å²) in [5.41, 5.74) is 1.94. The number of halogens is 1. The highest BCUT2D eigenvalue weighted by molar-refractivity contribution is 6.30. The summed E-state index contributed by atoms with van der Waals surface area (Å²) >= 11 is 5.84. The molecule has 0 radical (unpaired) electrons. The van der Waals surface area contributed by atoms with Crippen LogP contribution in [0.4, 0.5) is 0 Å². The highest BCUT2D eigenvalue weighted by Crippen LogP contribution is 2.11. The molecule has 0 aliphatic rings. The van der Waals surface area contributed by atoms with E-state index in [1.165, 1.54) is 10.4 Å². The van der Waals surface area contributed by atoms with Gasteiger partial charge in [0.1, 0.15) is 0 Å². The molecule has 7 heteroatoms. The largest absolute Gasteiger partial charge is 0.349 e. The first-order valence-electron chi connectivity index (χ1n) is 7.60. The number of nitrogens with one attached hydrogen (secondary N) is 1. The molecule has 6 nitrogen and oxygen atoms in total. The number of carbonyl (C=O) groups excluding carboxylic acids is 1. The van der Waals surface area contributed by atoms with Gasteiger partial charge in [0.05, 0.1) is 5.69 Å². The number of hydrogen-bond acceptors (Lipinski definition) is 4. The highest BCUT2D eigenvalue weighted by Gasteiger charge is 2.12. The Balaban J connectivity index is 1.51. The van der Waals surface area contributed by atoms with E-state index in [4.69, 9.17) is 11.6 Å². The second-order valence-electron chi connectivity index (χ2n) is 5.22. The number of amides is 1. The van der Waals surface area contributed by atoms with Crippen molar-refractivity contribution in [2.24, 2.45) is 0 Å². The van der Waals surface area contributed by atoms with Crippen LogP contribution in [0.3, 0.4) is 0 Å². The van der Waals surface area contributed by atoms with E-state index in [1.54, 1.807) is 24.3 Å². The second-order valence-corrected chi connectivity index (χ2v) is 5.66. The Morgan fingerprint density at radius 1 is 1.08 bits per heavy atom. The topological polar surface area (TPSA) is 72.7 Å². The van der Waals surface area contributed by atoms with Gasteiger partial charge in [0.25, 0.3) is 11.7 Å². The first-order valence-corrected chi connectivity index (χ1v) is 7.98. The number of aromatic nitrogens is 4. The molecule has 3 rings (SSSR count). The lowest BCUT2D eigenvalue weighted by Gasteiger charge is -2.02. The van der Waals surface area contributed by atoms with Gasteiger partial charge in [-0.3, -0.25) is 4.79 Å². The van der Waals surface area contributed by atoms with Crippen molar-refractivity contribution in [2.45, 2.75) is 12.8 Å². The molecule has 0 aliphatic carbocycles. The molecule has 2 aromatic carbocycles. The zero-order valence-corrected chi connectivity index (χ0v) is 13.6. The van der Waals surface area contributed by atoms with Crippen molar-refractivity contribution in [1.82, 2.24) is 25.5 Å². The van der Waals surface area contributed by atoms with E-state index >= 15 is 0 Å². The van der Waals surface area contributed by atoms with Gasteiger partial charge in [0, 0.05) is 11.6 Å². The maximum Gasteiger partial charge on any atom is 0.292 e. The van der Waals surface area contributed by atoms with Crippen molar-refractivity contribution in [3.05, 3.63) is 71.0 Å². The lowest BCUT2D eigenvalue weighted by atomic mass is 10.1. The zero-order chi connectivity index (χ0) is 16.8. The summed E-state index contributed by atoms with van der Waals surface area (Å²) in [6, 6.07) is 17.1. The third kappa shape index (κ3) is 4.17. The third-order valence-electron chi connectivity index (χ3n) is 3.44. The van der Waals surface area contributed by atoms with Gasteiger partial charge in [-0.15, -0.1) is 15.0 Å². The molecule has 122 valence electrons. The monoisotopic (exact) mass is 341 g/mol. The van der Waals surface area contributed by atoms with E-state index < -0.39 is 0 Å². The fraction of sp³-hybridized carbons (Fsp3) is 0.176.